The molecule has 2 aliphatic rings. The third-order valence-electron chi connectivity index (χ3n) is 8.45. The largest absolute Gasteiger partial charge is 0.433 e. The van der Waals surface area contributed by atoms with Gasteiger partial charge >= 0.3 is 13.3 Å². The van der Waals surface area contributed by atoms with Crippen LogP contribution in [-0.4, -0.2) is 42.6 Å². The molecule has 5 rings (SSSR count). The van der Waals surface area contributed by atoms with E-state index in [9.17, 15) is 27.7 Å². The molecule has 2 heterocycles. The summed E-state index contributed by atoms with van der Waals surface area (Å²) in [5.41, 5.74) is -0.538. The maximum atomic E-state index is 14.8. The summed E-state index contributed by atoms with van der Waals surface area (Å²) >= 11 is 0. The van der Waals surface area contributed by atoms with Crippen molar-refractivity contribution in [1.82, 2.24) is 0 Å². The van der Waals surface area contributed by atoms with Crippen molar-refractivity contribution >= 4 is 50.9 Å². The van der Waals surface area contributed by atoms with Gasteiger partial charge in [0, 0.05) is 45.9 Å². The molecule has 0 saturated heterocycles. The minimum atomic E-state index is -5.17. The Balaban J connectivity index is 1.34. The molecule has 2 amide bonds. The van der Waals surface area contributed by atoms with Gasteiger partial charge in [-0.1, -0.05) is 60.7 Å². The van der Waals surface area contributed by atoms with Crippen LogP contribution in [0.15, 0.2) is 78.9 Å². The molecular weight excluding hydrogens is 636 g/mol. The van der Waals surface area contributed by atoms with Crippen molar-refractivity contribution in [3.05, 3.63) is 101 Å². The van der Waals surface area contributed by atoms with Crippen LogP contribution in [-0.2, 0) is 46.4 Å². The zero-order valence-electron chi connectivity index (χ0n) is 25.5. The Hall–Kier alpha value is -3.59. The lowest BCUT2D eigenvalue weighted by atomic mass is 9.92. The third kappa shape index (κ3) is 6.35. The highest BCUT2D eigenvalue weighted by Crippen LogP contribution is 2.68. The summed E-state index contributed by atoms with van der Waals surface area (Å²) < 4.78 is 50.2. The number of allylic oxidation sites excluding steroid dienone is 2. The first-order valence-electron chi connectivity index (χ1n) is 14.7. The van der Waals surface area contributed by atoms with Gasteiger partial charge in [0.05, 0.1) is 5.69 Å². The van der Waals surface area contributed by atoms with Crippen LogP contribution >= 0.6 is 16.4 Å². The van der Waals surface area contributed by atoms with Crippen LogP contribution in [0.3, 0.4) is 0 Å². The summed E-state index contributed by atoms with van der Waals surface area (Å²) in [6, 6.07) is 19.0. The highest BCUT2D eigenvalue weighted by Gasteiger charge is 2.56. The zero-order valence-corrected chi connectivity index (χ0v) is 27.4. The Morgan fingerprint density at radius 3 is 2.41 bits per heavy atom. The molecule has 3 unspecified atom stereocenters. The molecule has 1 N–H and O–H groups in total. The molecular formula is C33H34F2N2O7P2. The van der Waals surface area contributed by atoms with E-state index in [0.29, 0.717) is 36.1 Å². The second kappa shape index (κ2) is 13.6. The summed E-state index contributed by atoms with van der Waals surface area (Å²) in [6.45, 7) is 3.00. The summed E-state index contributed by atoms with van der Waals surface area (Å²) in [7, 11) is -4.10. The molecule has 2 aliphatic heterocycles. The van der Waals surface area contributed by atoms with Gasteiger partial charge < -0.3 is 4.90 Å². The Bertz CT molecular complexity index is 1720. The third-order valence-corrected chi connectivity index (χ3v) is 11.3. The van der Waals surface area contributed by atoms with Gasteiger partial charge in [0.1, 0.15) is 6.04 Å². The molecule has 3 aromatic rings. The van der Waals surface area contributed by atoms with Gasteiger partial charge in [-0.3, -0.25) is 28.2 Å². The lowest BCUT2D eigenvalue weighted by Gasteiger charge is -2.30. The first-order valence-corrected chi connectivity index (χ1v) is 17.6. The lowest BCUT2D eigenvalue weighted by molar-refractivity contribution is -0.159. The number of likely N-dealkylation sites (N-methyl/N-ethyl adjacent to an activating group) is 1. The topological polar surface area (TPSA) is 113 Å². The fourth-order valence-corrected chi connectivity index (χ4v) is 8.16. The fourth-order valence-electron chi connectivity index (χ4n) is 6.04. The SMILES string of the molecule is CPOP(=O)(OO)C(F)(F)c1ccc(/C(C)=C/C(=O)CC2CCc3cccc4c3N(C2=O)[C@H](C(=O)N(C)c2ccccc2)C4)cc1. The van der Waals surface area contributed by atoms with E-state index in [2.05, 4.69) is 8.99 Å². The number of hydrogen-bond acceptors (Lipinski definition) is 7. The molecule has 3 aromatic carbocycles. The number of amides is 2. The van der Waals surface area contributed by atoms with E-state index >= 15 is 0 Å². The number of nitrogens with zero attached hydrogens (tertiary/aromatic N) is 2. The molecule has 46 heavy (non-hydrogen) atoms. The quantitative estimate of drug-likeness (QED) is 0.0994. The van der Waals surface area contributed by atoms with Crippen molar-refractivity contribution in [3.63, 3.8) is 0 Å². The molecule has 0 spiro atoms. The summed E-state index contributed by atoms with van der Waals surface area (Å²) in [5.74, 6) is -1.49. The number of halogens is 2. The second-order valence-electron chi connectivity index (χ2n) is 11.3. The monoisotopic (exact) mass is 670 g/mol. The first kappa shape index (κ1) is 33.8. The van der Waals surface area contributed by atoms with Crippen molar-refractivity contribution in [2.24, 2.45) is 5.92 Å². The van der Waals surface area contributed by atoms with Crippen molar-refractivity contribution in [3.8, 4) is 0 Å². The minimum absolute atomic E-state index is 0.0895. The molecule has 4 atom stereocenters. The van der Waals surface area contributed by atoms with E-state index in [1.807, 2.05) is 48.5 Å². The maximum Gasteiger partial charge on any atom is 0.433 e. The molecule has 13 heteroatoms. The van der Waals surface area contributed by atoms with Crippen LogP contribution in [0, 0.1) is 5.92 Å². The Kier molecular flexibility index (Phi) is 10.0. The number of carbonyl (C=O) groups is 3. The van der Waals surface area contributed by atoms with E-state index in [1.54, 1.807) is 23.8 Å². The Morgan fingerprint density at radius 1 is 1.09 bits per heavy atom. The van der Waals surface area contributed by atoms with Crippen LogP contribution < -0.4 is 9.80 Å². The average Bonchev–Trinajstić information content (AvgIpc) is 3.40. The number of benzene rings is 3. The number of alkyl halides is 2. The number of ketones is 1. The van der Waals surface area contributed by atoms with Gasteiger partial charge in [0.15, 0.2) is 5.78 Å². The first-order chi connectivity index (χ1) is 21.9. The number of rotatable bonds is 11. The second-order valence-corrected chi connectivity index (χ2v) is 14.2. The molecule has 0 fully saturated rings. The highest BCUT2D eigenvalue weighted by molar-refractivity contribution is 7.60. The van der Waals surface area contributed by atoms with Crippen molar-refractivity contribution in [2.45, 2.75) is 44.3 Å². The standard InChI is InChI=1S/C33H34F2N2O7P2/c1-21(22-14-16-26(17-15-22)33(34,35)46(42,43-41)44-45-3)18-28(38)19-25-13-12-23-8-7-9-24-20-29(37(30(23)24)31(25)39)32(40)36(2)27-10-5-4-6-11-27/h4-11,14-18,25,29,41,45H,12-13,19-20H2,1-3H3/b21-18+/t25?,29-,46?/m0/s1. The normalized spacial score (nSPS) is 19.6. The van der Waals surface area contributed by atoms with E-state index in [4.69, 9.17) is 5.26 Å². The molecule has 9 nitrogen and oxygen atoms in total. The molecule has 0 radical (unpaired) electrons. The van der Waals surface area contributed by atoms with Crippen molar-refractivity contribution in [2.75, 3.05) is 23.5 Å². The summed E-state index contributed by atoms with van der Waals surface area (Å²) in [5, 5.41) is 8.87. The van der Waals surface area contributed by atoms with Gasteiger partial charge in [-0.15, -0.1) is 4.67 Å². The Labute approximate surface area is 267 Å². The predicted octanol–water partition coefficient (Wildman–Crippen LogP) is 7.20. The van der Waals surface area contributed by atoms with E-state index in [1.165, 1.54) is 24.9 Å². The van der Waals surface area contributed by atoms with Crippen LogP contribution in [0.4, 0.5) is 20.2 Å². The van der Waals surface area contributed by atoms with Crippen molar-refractivity contribution < 1.29 is 42.0 Å². The molecule has 242 valence electrons. The number of anilines is 2. The lowest BCUT2D eigenvalue weighted by Crippen LogP contribution is -2.50. The van der Waals surface area contributed by atoms with Gasteiger partial charge in [-0.2, -0.15) is 8.78 Å². The number of para-hydroxylation sites is 2. The zero-order chi connectivity index (χ0) is 33.2. The summed E-state index contributed by atoms with van der Waals surface area (Å²) in [6.07, 6.45) is 2.65. The smallest absolute Gasteiger partial charge is 0.314 e. The van der Waals surface area contributed by atoms with Gasteiger partial charge in [0.25, 0.3) is 0 Å². The number of carbonyl (C=O) groups excluding carboxylic acids is 3. The van der Waals surface area contributed by atoms with Crippen molar-refractivity contribution in [1.29, 1.82) is 0 Å². The number of aryl methyl sites for hydroxylation is 1. The van der Waals surface area contributed by atoms with Crippen LogP contribution in [0.1, 0.15) is 42.0 Å². The molecule has 0 bridgehead atoms. The van der Waals surface area contributed by atoms with Gasteiger partial charge in [0.2, 0.25) is 11.8 Å². The van der Waals surface area contributed by atoms with Crippen LogP contribution in [0.25, 0.3) is 5.57 Å². The average molecular weight is 671 g/mol. The van der Waals surface area contributed by atoms with Crippen LogP contribution in [0.2, 0.25) is 0 Å². The van der Waals surface area contributed by atoms with Gasteiger partial charge in [-0.05, 0) is 66.9 Å². The van der Waals surface area contributed by atoms with Crippen LogP contribution in [0.5, 0.6) is 0 Å². The molecule has 0 saturated carbocycles. The summed E-state index contributed by atoms with van der Waals surface area (Å²) in [4.78, 5) is 44.2. The van der Waals surface area contributed by atoms with E-state index < -0.39 is 39.6 Å². The van der Waals surface area contributed by atoms with E-state index in [-0.39, 0.29) is 24.0 Å². The molecule has 0 aliphatic carbocycles. The Morgan fingerprint density at radius 2 is 1.76 bits per heavy atom. The van der Waals surface area contributed by atoms with Gasteiger partial charge in [-0.25, -0.2) is 5.26 Å². The molecule has 0 aromatic heterocycles. The van der Waals surface area contributed by atoms with E-state index in [0.717, 1.165) is 28.9 Å². The highest BCUT2D eigenvalue weighted by atomic mass is 31.2. The predicted molar refractivity (Wildman–Crippen MR) is 173 cm³/mol. The fraction of sp³-hybridized carbons (Fsp3) is 0.303. The minimum Gasteiger partial charge on any atom is -0.314 e. The maximum absolute atomic E-state index is 14.8. The number of hydrogen-bond donors (Lipinski definition) is 1.